The Morgan fingerprint density at radius 3 is 2.81 bits per heavy atom. The van der Waals surface area contributed by atoms with Gasteiger partial charge in [0.2, 0.25) is 0 Å². The zero-order valence-electron chi connectivity index (χ0n) is 12.8. The van der Waals surface area contributed by atoms with Crippen LogP contribution in [0.3, 0.4) is 0 Å². The molecule has 114 valence electrons. The van der Waals surface area contributed by atoms with Crippen LogP contribution < -0.4 is 5.32 Å². The number of fused-ring (bicyclic) bond motifs is 1. The molecule has 2 rings (SSSR count). The Kier molecular flexibility index (Phi) is 4.80. The average Bonchev–Trinajstić information content (AvgIpc) is 2.77. The Labute approximate surface area is 129 Å². The monoisotopic (exact) mass is 307 g/mol. The Hall–Kier alpha value is -1.66. The molecule has 6 heteroatoms. The van der Waals surface area contributed by atoms with Crippen LogP contribution in [0.2, 0.25) is 0 Å². The predicted molar refractivity (Wildman–Crippen MR) is 86.1 cm³/mol. The Balaban J connectivity index is 2.06. The van der Waals surface area contributed by atoms with Gasteiger partial charge in [-0.15, -0.1) is 0 Å². The van der Waals surface area contributed by atoms with E-state index in [9.17, 15) is 4.79 Å². The molecule has 21 heavy (non-hydrogen) atoms. The molecule has 0 bridgehead atoms. The van der Waals surface area contributed by atoms with Crippen LogP contribution >= 0.6 is 12.2 Å². The molecule has 0 aliphatic carbocycles. The number of carbonyl (C=O) groups is 1. The van der Waals surface area contributed by atoms with E-state index in [1.54, 1.807) is 18.2 Å². The van der Waals surface area contributed by atoms with Crippen LogP contribution in [-0.4, -0.2) is 41.5 Å². The lowest BCUT2D eigenvalue weighted by Gasteiger charge is -2.25. The number of carbonyl (C=O) groups excluding carboxylic acids is 1. The highest BCUT2D eigenvalue weighted by Gasteiger charge is 2.14. The summed E-state index contributed by atoms with van der Waals surface area (Å²) in [5.74, 6) is -0.108. The van der Waals surface area contributed by atoms with Gasteiger partial charge in [0.1, 0.15) is 0 Å². The molecule has 0 spiro atoms. The van der Waals surface area contributed by atoms with Crippen molar-refractivity contribution in [1.29, 1.82) is 0 Å². The highest BCUT2D eigenvalue weighted by atomic mass is 32.1. The Bertz CT molecular complexity index is 690. The van der Waals surface area contributed by atoms with Crippen LogP contribution in [-0.2, 0) is 0 Å². The zero-order chi connectivity index (χ0) is 15.6. The van der Waals surface area contributed by atoms with Gasteiger partial charge in [-0.1, -0.05) is 0 Å². The third kappa shape index (κ3) is 3.92. The second-order valence-corrected chi connectivity index (χ2v) is 6.00. The minimum Gasteiger partial charge on any atom is -0.429 e. The van der Waals surface area contributed by atoms with E-state index in [1.165, 1.54) is 0 Å². The van der Waals surface area contributed by atoms with Gasteiger partial charge >= 0.3 is 0 Å². The van der Waals surface area contributed by atoms with Crippen LogP contribution in [0.5, 0.6) is 0 Å². The number of rotatable bonds is 5. The minimum atomic E-state index is -0.108. The second kappa shape index (κ2) is 6.41. The van der Waals surface area contributed by atoms with Crippen LogP contribution in [0, 0.1) is 4.84 Å². The smallest absolute Gasteiger partial charge is 0.266 e. The van der Waals surface area contributed by atoms with Crippen LogP contribution in [0.25, 0.3) is 11.1 Å². The lowest BCUT2D eigenvalue weighted by atomic mass is 10.1. The summed E-state index contributed by atoms with van der Waals surface area (Å²) in [6, 6.07) is 5.78. The third-order valence-electron chi connectivity index (χ3n) is 3.50. The maximum Gasteiger partial charge on any atom is 0.266 e. The molecule has 0 aliphatic heterocycles. The maximum atomic E-state index is 12.2. The van der Waals surface area contributed by atoms with Crippen molar-refractivity contribution >= 4 is 29.2 Å². The van der Waals surface area contributed by atoms with Gasteiger partial charge in [-0.05, 0) is 58.2 Å². The molecule has 1 heterocycles. The number of nitrogens with one attached hydrogen (secondary N) is 2. The molecule has 5 nitrogen and oxygen atoms in total. The lowest BCUT2D eigenvalue weighted by Crippen LogP contribution is -2.42. The van der Waals surface area contributed by atoms with Crippen molar-refractivity contribution in [3.63, 3.8) is 0 Å². The predicted octanol–water partition coefficient (Wildman–Crippen LogP) is 2.95. The van der Waals surface area contributed by atoms with E-state index in [2.05, 4.69) is 29.0 Å². The first-order chi connectivity index (χ1) is 9.86. The summed E-state index contributed by atoms with van der Waals surface area (Å²) >= 11 is 4.94. The number of likely N-dealkylation sites (N-methyl/N-ethyl adjacent to an activating group) is 1. The van der Waals surface area contributed by atoms with Gasteiger partial charge in [0.15, 0.2) is 5.58 Å². The van der Waals surface area contributed by atoms with Crippen LogP contribution in [0.4, 0.5) is 0 Å². The van der Waals surface area contributed by atoms with Crippen molar-refractivity contribution in [2.75, 3.05) is 13.6 Å². The van der Waals surface area contributed by atoms with Gasteiger partial charge in [-0.25, -0.2) is 0 Å². The minimum absolute atomic E-state index is 0.0678. The molecular weight excluding hydrogens is 286 g/mol. The first-order valence-electron chi connectivity index (χ1n) is 7.01. The van der Waals surface area contributed by atoms with Gasteiger partial charge in [0.05, 0.1) is 5.52 Å². The van der Waals surface area contributed by atoms with Gasteiger partial charge in [-0.2, -0.15) is 0 Å². The van der Waals surface area contributed by atoms with E-state index in [-0.39, 0.29) is 11.9 Å². The molecule has 0 radical (unpaired) electrons. The van der Waals surface area contributed by atoms with Gasteiger partial charge < -0.3 is 19.6 Å². The van der Waals surface area contributed by atoms with Crippen molar-refractivity contribution in [3.05, 3.63) is 28.6 Å². The molecule has 0 fully saturated rings. The summed E-state index contributed by atoms with van der Waals surface area (Å²) in [6.45, 7) is 7.05. The fourth-order valence-electron chi connectivity index (χ4n) is 2.08. The van der Waals surface area contributed by atoms with E-state index in [1.807, 2.05) is 14.0 Å². The number of benzene rings is 1. The average molecular weight is 307 g/mol. The summed E-state index contributed by atoms with van der Waals surface area (Å²) in [4.78, 5) is 17.7. The summed E-state index contributed by atoms with van der Waals surface area (Å²) < 4.78 is 5.33. The summed E-state index contributed by atoms with van der Waals surface area (Å²) in [6.07, 6.45) is 0. The molecule has 0 unspecified atom stereocenters. The standard InChI is InChI=1S/C15H21N3O2S/c1-9(2)18(4)8-10(3)16-14(19)11-5-6-12-13(7-11)20-15(21)17-12/h5-7,9-10H,8H2,1-4H3,(H,16,19)(H,17,21)/t10-/m1/s1. The Morgan fingerprint density at radius 2 is 2.14 bits per heavy atom. The number of amides is 1. The molecule has 2 N–H and O–H groups in total. The zero-order valence-corrected chi connectivity index (χ0v) is 13.6. The van der Waals surface area contributed by atoms with Crippen molar-refractivity contribution in [2.24, 2.45) is 0 Å². The highest BCUT2D eigenvalue weighted by molar-refractivity contribution is 7.71. The SMILES string of the molecule is CC(C)N(C)C[C@@H](C)NC(=O)c1ccc2[nH]c(=S)oc2c1. The van der Waals surface area contributed by atoms with E-state index >= 15 is 0 Å². The normalized spacial score (nSPS) is 13.0. The van der Waals surface area contributed by atoms with Crippen molar-refractivity contribution in [1.82, 2.24) is 15.2 Å². The maximum absolute atomic E-state index is 12.2. The van der Waals surface area contributed by atoms with Crippen molar-refractivity contribution in [3.8, 4) is 0 Å². The first kappa shape index (κ1) is 15.7. The fraction of sp³-hybridized carbons (Fsp3) is 0.467. The number of oxazole rings is 1. The van der Waals surface area contributed by atoms with Gasteiger partial charge in [0.25, 0.3) is 10.7 Å². The molecule has 2 aromatic rings. The van der Waals surface area contributed by atoms with Crippen molar-refractivity contribution in [2.45, 2.75) is 32.9 Å². The summed E-state index contributed by atoms with van der Waals surface area (Å²) in [7, 11) is 2.04. The number of nitrogens with zero attached hydrogens (tertiary/aromatic N) is 1. The summed E-state index contributed by atoms with van der Waals surface area (Å²) in [5.41, 5.74) is 1.96. The van der Waals surface area contributed by atoms with E-state index in [4.69, 9.17) is 16.6 Å². The van der Waals surface area contributed by atoms with Gasteiger partial charge in [-0.3, -0.25) is 4.79 Å². The molecule has 0 aliphatic rings. The molecule has 0 saturated carbocycles. The summed E-state index contributed by atoms with van der Waals surface area (Å²) in [5, 5.41) is 2.99. The fourth-order valence-corrected chi connectivity index (χ4v) is 2.28. The molecule has 1 aromatic carbocycles. The quantitative estimate of drug-likeness (QED) is 0.834. The largest absolute Gasteiger partial charge is 0.429 e. The van der Waals surface area contributed by atoms with Crippen molar-refractivity contribution < 1.29 is 9.21 Å². The lowest BCUT2D eigenvalue weighted by molar-refractivity contribution is 0.0928. The molecule has 0 saturated heterocycles. The van der Waals surface area contributed by atoms with E-state index < -0.39 is 0 Å². The number of aromatic amines is 1. The topological polar surface area (TPSA) is 61.3 Å². The number of hydrogen-bond donors (Lipinski definition) is 2. The Morgan fingerprint density at radius 1 is 1.43 bits per heavy atom. The number of aromatic nitrogens is 1. The van der Waals surface area contributed by atoms with Gasteiger partial charge in [0, 0.05) is 24.2 Å². The van der Waals surface area contributed by atoms with Crippen LogP contribution in [0.1, 0.15) is 31.1 Å². The molecule has 1 aromatic heterocycles. The second-order valence-electron chi connectivity index (χ2n) is 5.63. The number of hydrogen-bond acceptors (Lipinski definition) is 4. The van der Waals surface area contributed by atoms with Crippen LogP contribution in [0.15, 0.2) is 22.6 Å². The van der Waals surface area contributed by atoms with E-state index in [0.717, 1.165) is 12.1 Å². The molecule has 1 atom stereocenters. The molecular formula is C15H21N3O2S. The third-order valence-corrected chi connectivity index (χ3v) is 3.69. The highest BCUT2D eigenvalue weighted by Crippen LogP contribution is 2.15. The molecule has 1 amide bonds. The van der Waals surface area contributed by atoms with E-state index in [0.29, 0.717) is 22.0 Å². The first-order valence-corrected chi connectivity index (χ1v) is 7.41. The number of H-pyrrole nitrogens is 1.